The maximum Gasteiger partial charge on any atom is 0.418 e. The van der Waals surface area contributed by atoms with E-state index in [4.69, 9.17) is 0 Å². The van der Waals surface area contributed by atoms with Crippen molar-refractivity contribution in [2.45, 2.75) is 51.7 Å². The highest BCUT2D eigenvalue weighted by Crippen LogP contribution is 2.35. The van der Waals surface area contributed by atoms with Crippen LogP contribution in [0.2, 0.25) is 0 Å². The van der Waals surface area contributed by atoms with Crippen LogP contribution in [0, 0.1) is 0 Å². The van der Waals surface area contributed by atoms with E-state index in [9.17, 15) is 18.0 Å². The summed E-state index contributed by atoms with van der Waals surface area (Å²) < 4.78 is 40.9. The van der Waals surface area contributed by atoms with E-state index in [-0.39, 0.29) is 17.1 Å². The zero-order valence-electron chi connectivity index (χ0n) is 12.1. The number of para-hydroxylation sites is 1. The van der Waals surface area contributed by atoms with E-state index < -0.39 is 17.4 Å². The van der Waals surface area contributed by atoms with Gasteiger partial charge in [-0.2, -0.15) is 13.2 Å². The molecular formula is C15H19F3N2O. The molecule has 0 unspecified atom stereocenters. The summed E-state index contributed by atoms with van der Waals surface area (Å²) in [6.45, 7) is 3.93. The van der Waals surface area contributed by atoms with Gasteiger partial charge in [0.05, 0.1) is 16.6 Å². The molecule has 0 saturated carbocycles. The largest absolute Gasteiger partial charge is 0.418 e. The molecule has 0 fully saturated rings. The molecule has 0 aliphatic rings. The van der Waals surface area contributed by atoms with Crippen LogP contribution in [0.25, 0.3) is 11.0 Å². The van der Waals surface area contributed by atoms with Crippen molar-refractivity contribution in [1.29, 1.82) is 0 Å². The van der Waals surface area contributed by atoms with E-state index in [1.54, 1.807) is 0 Å². The Balaban J connectivity index is 2.72. The first-order valence-electron chi connectivity index (χ1n) is 7.20. The fourth-order valence-corrected chi connectivity index (χ4v) is 2.83. The lowest BCUT2D eigenvalue weighted by Gasteiger charge is -2.19. The van der Waals surface area contributed by atoms with Gasteiger partial charge in [0.15, 0.2) is 0 Å². The number of aromatic amines is 1. The number of H-pyrrole nitrogens is 1. The number of hydrogen-bond donors (Lipinski definition) is 1. The van der Waals surface area contributed by atoms with Crippen LogP contribution in [0.5, 0.6) is 0 Å². The molecule has 1 heterocycles. The lowest BCUT2D eigenvalue weighted by Crippen LogP contribution is -2.23. The molecule has 0 saturated heterocycles. The molecule has 0 aliphatic heterocycles. The Morgan fingerprint density at radius 3 is 2.33 bits per heavy atom. The van der Waals surface area contributed by atoms with E-state index in [0.29, 0.717) is 12.8 Å². The minimum Gasteiger partial charge on any atom is -0.306 e. The van der Waals surface area contributed by atoms with Crippen molar-refractivity contribution >= 4 is 11.0 Å². The lowest BCUT2D eigenvalue weighted by atomic mass is 10.1. The zero-order chi connectivity index (χ0) is 15.6. The number of benzene rings is 1. The topological polar surface area (TPSA) is 37.8 Å². The Morgan fingerprint density at radius 2 is 1.81 bits per heavy atom. The molecular weight excluding hydrogens is 281 g/mol. The highest BCUT2D eigenvalue weighted by molar-refractivity contribution is 5.79. The summed E-state index contributed by atoms with van der Waals surface area (Å²) in [6.07, 6.45) is -1.46. The minimum absolute atomic E-state index is 0.0260. The highest BCUT2D eigenvalue weighted by atomic mass is 19.4. The van der Waals surface area contributed by atoms with E-state index in [2.05, 4.69) is 4.98 Å². The second-order valence-corrected chi connectivity index (χ2v) is 5.23. The highest BCUT2D eigenvalue weighted by Gasteiger charge is 2.35. The summed E-state index contributed by atoms with van der Waals surface area (Å²) in [7, 11) is 0. The van der Waals surface area contributed by atoms with Gasteiger partial charge in [-0.05, 0) is 25.0 Å². The minimum atomic E-state index is -4.47. The quantitative estimate of drug-likeness (QED) is 0.868. The third-order valence-electron chi connectivity index (χ3n) is 3.65. The fourth-order valence-electron chi connectivity index (χ4n) is 2.83. The first-order valence-corrected chi connectivity index (χ1v) is 7.20. The van der Waals surface area contributed by atoms with Crippen molar-refractivity contribution < 1.29 is 13.2 Å². The fraction of sp³-hybridized carbons (Fsp3) is 0.533. The number of hydrogen-bond acceptors (Lipinski definition) is 1. The summed E-state index contributed by atoms with van der Waals surface area (Å²) in [5, 5.41) is 0. The van der Waals surface area contributed by atoms with Crippen LogP contribution in [0.4, 0.5) is 13.2 Å². The van der Waals surface area contributed by atoms with Crippen LogP contribution in [0.3, 0.4) is 0 Å². The molecule has 2 rings (SSSR count). The van der Waals surface area contributed by atoms with E-state index >= 15 is 0 Å². The summed E-state index contributed by atoms with van der Waals surface area (Å²) in [6, 6.07) is 3.66. The molecule has 1 aromatic carbocycles. The van der Waals surface area contributed by atoms with Crippen LogP contribution < -0.4 is 5.69 Å². The number of halogens is 3. The van der Waals surface area contributed by atoms with Gasteiger partial charge >= 0.3 is 11.9 Å². The van der Waals surface area contributed by atoms with Gasteiger partial charge in [0, 0.05) is 6.04 Å². The van der Waals surface area contributed by atoms with Crippen LogP contribution in [0.15, 0.2) is 23.0 Å². The molecule has 0 amide bonds. The average Bonchev–Trinajstić information content (AvgIpc) is 2.72. The van der Waals surface area contributed by atoms with Crippen LogP contribution in [0.1, 0.15) is 51.1 Å². The SMILES string of the molecule is CCCC(CCC)n1c(=O)[nH]c2cccc(C(F)(F)F)c21. The first-order chi connectivity index (χ1) is 9.90. The molecule has 0 atom stereocenters. The number of fused-ring (bicyclic) bond motifs is 1. The molecule has 6 heteroatoms. The third-order valence-corrected chi connectivity index (χ3v) is 3.65. The number of nitrogens with zero attached hydrogens (tertiary/aromatic N) is 1. The number of alkyl halides is 3. The van der Waals surface area contributed by atoms with Crippen molar-refractivity contribution in [2.24, 2.45) is 0 Å². The molecule has 0 radical (unpaired) electrons. The molecule has 0 bridgehead atoms. The lowest BCUT2D eigenvalue weighted by molar-refractivity contribution is -0.136. The molecule has 0 spiro atoms. The maximum absolute atomic E-state index is 13.2. The second kappa shape index (κ2) is 5.95. The monoisotopic (exact) mass is 300 g/mol. The summed E-state index contributed by atoms with van der Waals surface area (Å²) in [5.41, 5.74) is -1.00. The van der Waals surface area contributed by atoms with Crippen LogP contribution >= 0.6 is 0 Å². The first kappa shape index (κ1) is 15.7. The Hall–Kier alpha value is -1.72. The molecule has 0 aliphatic carbocycles. The third kappa shape index (κ3) is 2.99. The average molecular weight is 300 g/mol. The normalized spacial score (nSPS) is 12.5. The standard InChI is InChI=1S/C15H19F3N2O/c1-3-6-10(7-4-2)20-13-11(15(16,17)18)8-5-9-12(13)19-14(20)21/h5,8-10H,3-4,6-7H2,1-2H3,(H,19,21). The maximum atomic E-state index is 13.2. The summed E-state index contributed by atoms with van der Waals surface area (Å²) in [4.78, 5) is 14.7. The Labute approximate surface area is 120 Å². The molecule has 2 aromatic rings. The van der Waals surface area contributed by atoms with Crippen molar-refractivity contribution in [1.82, 2.24) is 9.55 Å². The predicted octanol–water partition coefficient (Wildman–Crippen LogP) is 4.49. The van der Waals surface area contributed by atoms with Gasteiger partial charge in [0.25, 0.3) is 0 Å². The molecule has 21 heavy (non-hydrogen) atoms. The number of aromatic nitrogens is 2. The van der Waals surface area contributed by atoms with Crippen molar-refractivity contribution in [3.8, 4) is 0 Å². The van der Waals surface area contributed by atoms with Gasteiger partial charge < -0.3 is 4.98 Å². The Morgan fingerprint density at radius 1 is 1.19 bits per heavy atom. The second-order valence-electron chi connectivity index (χ2n) is 5.23. The van der Waals surface area contributed by atoms with Crippen molar-refractivity contribution in [2.75, 3.05) is 0 Å². The van der Waals surface area contributed by atoms with Gasteiger partial charge in [-0.25, -0.2) is 4.79 Å². The van der Waals surface area contributed by atoms with Gasteiger partial charge in [-0.1, -0.05) is 32.8 Å². The number of imidazole rings is 1. The van der Waals surface area contributed by atoms with Crippen LogP contribution in [-0.2, 0) is 6.18 Å². The van der Waals surface area contributed by atoms with E-state index in [1.165, 1.54) is 16.7 Å². The molecule has 3 nitrogen and oxygen atoms in total. The number of rotatable bonds is 5. The molecule has 116 valence electrons. The summed E-state index contributed by atoms with van der Waals surface area (Å²) >= 11 is 0. The molecule has 1 aromatic heterocycles. The Bertz CT molecular complexity index is 664. The van der Waals surface area contributed by atoms with Crippen molar-refractivity contribution in [3.63, 3.8) is 0 Å². The predicted molar refractivity (Wildman–Crippen MR) is 76.4 cm³/mol. The number of nitrogens with one attached hydrogen (secondary N) is 1. The van der Waals surface area contributed by atoms with E-state index in [0.717, 1.165) is 18.9 Å². The van der Waals surface area contributed by atoms with E-state index in [1.807, 2.05) is 13.8 Å². The van der Waals surface area contributed by atoms with Crippen molar-refractivity contribution in [3.05, 3.63) is 34.2 Å². The summed E-state index contributed by atoms with van der Waals surface area (Å²) in [5.74, 6) is 0. The molecule has 1 N–H and O–H groups in total. The smallest absolute Gasteiger partial charge is 0.306 e. The van der Waals surface area contributed by atoms with Gasteiger partial charge in [0.1, 0.15) is 0 Å². The zero-order valence-corrected chi connectivity index (χ0v) is 12.1. The van der Waals surface area contributed by atoms with Crippen LogP contribution in [-0.4, -0.2) is 9.55 Å². The van der Waals surface area contributed by atoms with Gasteiger partial charge in [-0.15, -0.1) is 0 Å². The van der Waals surface area contributed by atoms with Gasteiger partial charge in [0.2, 0.25) is 0 Å². The van der Waals surface area contributed by atoms with Gasteiger partial charge in [-0.3, -0.25) is 4.57 Å². The Kier molecular flexibility index (Phi) is 4.44.